The molecule has 3 fully saturated rings. The van der Waals surface area contributed by atoms with Gasteiger partial charge in [-0.05, 0) is 60.9 Å². The Morgan fingerprint density at radius 3 is 2.49 bits per heavy atom. The zero-order valence-corrected chi connectivity index (χ0v) is 30.5. The first-order valence-electron chi connectivity index (χ1n) is 17.6. The third-order valence-corrected chi connectivity index (χ3v) is 11.4. The van der Waals surface area contributed by atoms with Gasteiger partial charge in [-0.15, -0.1) is 0 Å². The molecular weight excluding hydrogens is 680 g/mol. The van der Waals surface area contributed by atoms with E-state index in [4.69, 9.17) is 23.7 Å². The molecule has 5 rings (SSSR count). The second kappa shape index (κ2) is 17.8. The second-order valence-corrected chi connectivity index (χ2v) is 16.0. The predicted octanol–water partition coefficient (Wildman–Crippen LogP) is 2.99. The average Bonchev–Trinajstić information content (AvgIpc) is 3.75. The van der Waals surface area contributed by atoms with Crippen LogP contribution in [0.15, 0.2) is 59.5 Å². The predicted molar refractivity (Wildman–Crippen MR) is 188 cm³/mol. The molecule has 3 N–H and O–H groups in total. The summed E-state index contributed by atoms with van der Waals surface area (Å²) in [7, 11) is -2.62. The van der Waals surface area contributed by atoms with Gasteiger partial charge in [0.2, 0.25) is 10.0 Å². The molecule has 3 aliphatic heterocycles. The lowest BCUT2D eigenvalue weighted by Crippen LogP contribution is -2.52. The van der Waals surface area contributed by atoms with Crippen LogP contribution in [-0.4, -0.2) is 126 Å². The Hall–Kier alpha value is -3.47. The van der Waals surface area contributed by atoms with E-state index in [0.29, 0.717) is 64.5 Å². The van der Waals surface area contributed by atoms with Crippen molar-refractivity contribution in [3.05, 3.63) is 60.2 Å². The van der Waals surface area contributed by atoms with E-state index in [1.807, 2.05) is 44.2 Å². The molecule has 3 heterocycles. The second-order valence-electron chi connectivity index (χ2n) is 14.0. The van der Waals surface area contributed by atoms with E-state index in [-0.39, 0.29) is 43.0 Å². The van der Waals surface area contributed by atoms with Crippen molar-refractivity contribution in [3.63, 3.8) is 0 Å². The molecule has 2 aromatic rings. The summed E-state index contributed by atoms with van der Waals surface area (Å²) in [6.45, 7) is 6.98. The molecule has 15 heteroatoms. The summed E-state index contributed by atoms with van der Waals surface area (Å²) in [5.41, 5.74) is 0.298. The molecule has 0 aromatic heterocycles. The van der Waals surface area contributed by atoms with Gasteiger partial charge in [0.1, 0.15) is 11.9 Å². The maximum atomic E-state index is 14.2. The van der Waals surface area contributed by atoms with Gasteiger partial charge in [-0.2, -0.15) is 4.31 Å². The van der Waals surface area contributed by atoms with E-state index < -0.39 is 46.1 Å². The Kier molecular flexibility index (Phi) is 13.6. The number of sulfonamides is 1. The number of hydrogen-bond donors (Lipinski definition) is 3. The molecule has 282 valence electrons. The molecule has 5 atom stereocenters. The molecular formula is C36H52N4O10S. The van der Waals surface area contributed by atoms with Crippen LogP contribution < -0.4 is 15.4 Å². The average molecular weight is 733 g/mol. The molecule has 0 radical (unpaired) electrons. The number of alkyl carbamates (subject to hydrolysis) is 1. The Morgan fingerprint density at radius 1 is 1.06 bits per heavy atom. The van der Waals surface area contributed by atoms with E-state index in [1.165, 1.54) is 23.5 Å². The highest BCUT2D eigenvalue weighted by atomic mass is 32.2. The number of urea groups is 1. The van der Waals surface area contributed by atoms with Crippen molar-refractivity contribution in [3.8, 4) is 5.75 Å². The normalized spacial score (nSPS) is 21.9. The summed E-state index contributed by atoms with van der Waals surface area (Å²) >= 11 is 0. The first kappa shape index (κ1) is 38.8. The fraction of sp³-hybridized carbons (Fsp3) is 0.611. The summed E-state index contributed by atoms with van der Waals surface area (Å²) in [5, 5.41) is 17.6. The fourth-order valence-electron chi connectivity index (χ4n) is 6.70. The number of ether oxygens (including phenoxy) is 5. The van der Waals surface area contributed by atoms with Gasteiger partial charge in [0.25, 0.3) is 0 Å². The monoisotopic (exact) mass is 732 g/mol. The molecule has 0 aliphatic carbocycles. The lowest BCUT2D eigenvalue weighted by Gasteiger charge is -2.35. The van der Waals surface area contributed by atoms with E-state index >= 15 is 0 Å². The minimum absolute atomic E-state index is 0.0469. The molecule has 0 bridgehead atoms. The van der Waals surface area contributed by atoms with Crippen LogP contribution in [0.3, 0.4) is 0 Å². The van der Waals surface area contributed by atoms with Crippen LogP contribution in [0.25, 0.3) is 0 Å². The van der Waals surface area contributed by atoms with Gasteiger partial charge in [-0.1, -0.05) is 44.2 Å². The van der Waals surface area contributed by atoms with Gasteiger partial charge in [0.05, 0.1) is 56.5 Å². The molecule has 2 aromatic carbocycles. The molecule has 14 nitrogen and oxygen atoms in total. The number of nitrogens with zero attached hydrogens (tertiary/aromatic N) is 2. The number of aliphatic hydroxyl groups excluding tert-OH is 1. The van der Waals surface area contributed by atoms with Crippen LogP contribution in [-0.2, 0) is 35.4 Å². The molecule has 3 amide bonds. The topological polar surface area (TPSA) is 165 Å². The number of methoxy groups -OCH3 is 1. The highest BCUT2D eigenvalue weighted by Crippen LogP contribution is 2.33. The number of amides is 3. The summed E-state index contributed by atoms with van der Waals surface area (Å²) < 4.78 is 57.2. The van der Waals surface area contributed by atoms with Crippen LogP contribution >= 0.6 is 0 Å². The lowest BCUT2D eigenvalue weighted by atomic mass is 9.87. The number of fused-ring (bicyclic) bond motifs is 1. The van der Waals surface area contributed by atoms with Crippen LogP contribution in [0.4, 0.5) is 9.59 Å². The maximum absolute atomic E-state index is 14.2. The van der Waals surface area contributed by atoms with Crippen LogP contribution in [0.2, 0.25) is 0 Å². The minimum Gasteiger partial charge on any atom is -0.497 e. The number of rotatable bonds is 16. The third-order valence-electron chi connectivity index (χ3n) is 9.61. The van der Waals surface area contributed by atoms with E-state index in [1.54, 1.807) is 17.0 Å². The van der Waals surface area contributed by atoms with Crippen molar-refractivity contribution < 1.29 is 46.8 Å². The maximum Gasteiger partial charge on any atom is 0.407 e. The summed E-state index contributed by atoms with van der Waals surface area (Å²) in [6.07, 6.45) is -0.758. The molecule has 0 saturated carbocycles. The van der Waals surface area contributed by atoms with Crippen LogP contribution in [0.5, 0.6) is 5.75 Å². The van der Waals surface area contributed by atoms with Gasteiger partial charge in [-0.25, -0.2) is 18.0 Å². The summed E-state index contributed by atoms with van der Waals surface area (Å²) in [5.74, 6) is 0.446. The highest BCUT2D eigenvalue weighted by Gasteiger charge is 2.44. The van der Waals surface area contributed by atoms with Crippen molar-refractivity contribution in [2.75, 3.05) is 66.3 Å². The van der Waals surface area contributed by atoms with Gasteiger partial charge >= 0.3 is 12.1 Å². The van der Waals surface area contributed by atoms with E-state index in [9.17, 15) is 23.1 Å². The Bertz CT molecular complexity index is 1520. The zero-order valence-electron chi connectivity index (χ0n) is 29.7. The number of aliphatic hydroxyl groups is 1. The fourth-order valence-corrected chi connectivity index (χ4v) is 8.35. The molecule has 0 unspecified atom stereocenters. The van der Waals surface area contributed by atoms with Gasteiger partial charge < -0.3 is 44.3 Å². The van der Waals surface area contributed by atoms with Crippen molar-refractivity contribution in [2.45, 2.75) is 69.0 Å². The van der Waals surface area contributed by atoms with Crippen molar-refractivity contribution in [1.29, 1.82) is 0 Å². The summed E-state index contributed by atoms with van der Waals surface area (Å²) in [6, 6.07) is 14.4. The number of carbonyl (C=O) groups excluding carboxylic acids is 2. The third kappa shape index (κ3) is 10.8. The number of carbonyl (C=O) groups is 2. The van der Waals surface area contributed by atoms with Crippen molar-refractivity contribution >= 4 is 22.1 Å². The minimum atomic E-state index is -4.12. The van der Waals surface area contributed by atoms with Crippen molar-refractivity contribution in [2.24, 2.45) is 11.3 Å². The number of benzene rings is 2. The number of nitrogens with one attached hydrogen (secondary N) is 2. The summed E-state index contributed by atoms with van der Waals surface area (Å²) in [4.78, 5) is 27.6. The Morgan fingerprint density at radius 2 is 1.78 bits per heavy atom. The van der Waals surface area contributed by atoms with E-state index in [0.717, 1.165) is 5.56 Å². The first-order chi connectivity index (χ1) is 24.4. The molecule has 3 saturated heterocycles. The molecule has 3 aliphatic rings. The zero-order chi connectivity index (χ0) is 36.4. The van der Waals surface area contributed by atoms with E-state index in [2.05, 4.69) is 10.6 Å². The van der Waals surface area contributed by atoms with Crippen LogP contribution in [0, 0.1) is 11.3 Å². The quantitative estimate of drug-likeness (QED) is 0.219. The molecule has 0 spiro atoms. The SMILES string of the molecule is COc1ccc(S(=O)(=O)N(C[C@@H](O)[C@H](Cc2ccccc2)NC(=O)O[C@H]2CO[C@H]3OCC[C@H]32)CC(C)(C)CCCNC(=O)N2CCOCC2)cc1. The first-order valence-corrected chi connectivity index (χ1v) is 19.1. The van der Waals surface area contributed by atoms with Gasteiger partial charge in [0.15, 0.2) is 6.29 Å². The number of hydrogen-bond acceptors (Lipinski definition) is 10. The van der Waals surface area contributed by atoms with Gasteiger partial charge in [-0.3, -0.25) is 0 Å². The standard InChI is InChI=1S/C36H52N4O10S/c1-36(2,15-7-16-37-34(42)39-17-20-47-21-18-39)25-40(51(44,45)28-12-10-27(46-3)11-13-28)23-31(41)30(22-26-8-5-4-6-9-26)38-35(43)50-32-24-49-33-29(32)14-19-48-33/h4-6,8-13,29-33,41H,7,14-25H2,1-3H3,(H,37,42)(H,38,43)/t29-,30-,31+,32-,33+/m0/s1. The number of morpholine rings is 1. The highest BCUT2D eigenvalue weighted by molar-refractivity contribution is 7.89. The Balaban J connectivity index is 1.30. The lowest BCUT2D eigenvalue weighted by molar-refractivity contribution is -0.0907. The van der Waals surface area contributed by atoms with Gasteiger partial charge in [0, 0.05) is 32.7 Å². The Labute approximate surface area is 300 Å². The largest absolute Gasteiger partial charge is 0.497 e. The smallest absolute Gasteiger partial charge is 0.407 e. The van der Waals surface area contributed by atoms with Crippen molar-refractivity contribution in [1.82, 2.24) is 19.8 Å². The molecule has 51 heavy (non-hydrogen) atoms. The van der Waals surface area contributed by atoms with Crippen LogP contribution in [0.1, 0.15) is 38.7 Å².